The molecular formula is C22H37N5O3S2. The maximum atomic E-state index is 11.3. The van der Waals surface area contributed by atoms with Crippen LogP contribution in [-0.2, 0) is 14.8 Å². The molecule has 1 aliphatic heterocycles. The minimum atomic E-state index is -3.43. The van der Waals surface area contributed by atoms with E-state index < -0.39 is 10.0 Å². The van der Waals surface area contributed by atoms with E-state index in [0.29, 0.717) is 12.5 Å². The highest BCUT2D eigenvalue weighted by Crippen LogP contribution is 2.29. The van der Waals surface area contributed by atoms with E-state index in [1.54, 1.807) is 0 Å². The highest BCUT2D eigenvalue weighted by atomic mass is 32.2. The van der Waals surface area contributed by atoms with E-state index in [9.17, 15) is 8.42 Å². The molecule has 1 aliphatic carbocycles. The summed E-state index contributed by atoms with van der Waals surface area (Å²) >= 11 is 6.06. The third kappa shape index (κ3) is 8.22. The van der Waals surface area contributed by atoms with Crippen LogP contribution in [0, 0.1) is 0 Å². The van der Waals surface area contributed by atoms with Crippen LogP contribution in [0.3, 0.4) is 0 Å². The first kappa shape index (κ1) is 25.3. The summed E-state index contributed by atoms with van der Waals surface area (Å²) in [5, 5.41) is 6.02. The van der Waals surface area contributed by atoms with Gasteiger partial charge in [-0.1, -0.05) is 12.8 Å². The normalized spacial score (nSPS) is 18.0. The number of pyridine rings is 1. The molecule has 3 rings (SSSR count). The Kier molecular flexibility index (Phi) is 10.1. The van der Waals surface area contributed by atoms with Gasteiger partial charge in [-0.15, -0.1) is 0 Å². The van der Waals surface area contributed by atoms with E-state index in [2.05, 4.69) is 19.7 Å². The van der Waals surface area contributed by atoms with Gasteiger partial charge in [0.2, 0.25) is 10.0 Å². The molecule has 2 heterocycles. The number of unbranched alkanes of at least 4 members (excludes halogenated alkanes) is 1. The van der Waals surface area contributed by atoms with Crippen LogP contribution in [0.2, 0.25) is 0 Å². The van der Waals surface area contributed by atoms with Gasteiger partial charge < -0.3 is 14.5 Å². The summed E-state index contributed by atoms with van der Waals surface area (Å²) in [5.74, 6) is 0.0120. The van der Waals surface area contributed by atoms with Gasteiger partial charge in [-0.05, 0) is 56.5 Å². The van der Waals surface area contributed by atoms with E-state index in [4.69, 9.17) is 22.1 Å². The Hall–Kier alpha value is -1.33. The Morgan fingerprint density at radius 3 is 2.44 bits per heavy atom. The standard InChI is InChI=1S/C22H37N5O3S2/c23-32(28,29)19-4-3-13-26(14-5-12-25-15-17-30-18-16-25)22(31)27(20-6-1-2-7-20)21-8-10-24-11-9-21/h8-11,20H,1-7,12-19H2,(H2,23,28,29). The molecule has 2 fully saturated rings. The van der Waals surface area contributed by atoms with E-state index >= 15 is 0 Å². The molecule has 180 valence electrons. The number of anilines is 1. The van der Waals surface area contributed by atoms with E-state index in [-0.39, 0.29) is 5.75 Å². The van der Waals surface area contributed by atoms with Gasteiger partial charge in [-0.3, -0.25) is 9.88 Å². The maximum Gasteiger partial charge on any atom is 0.209 e. The number of hydrogen-bond acceptors (Lipinski definition) is 6. The lowest BCUT2D eigenvalue weighted by Crippen LogP contribution is -2.49. The summed E-state index contributed by atoms with van der Waals surface area (Å²) in [7, 11) is -3.43. The number of nitrogens with zero attached hydrogens (tertiary/aromatic N) is 4. The smallest absolute Gasteiger partial charge is 0.209 e. The van der Waals surface area contributed by atoms with Crippen molar-refractivity contribution in [3.05, 3.63) is 24.5 Å². The van der Waals surface area contributed by atoms with Gasteiger partial charge in [0.1, 0.15) is 0 Å². The highest BCUT2D eigenvalue weighted by molar-refractivity contribution is 7.89. The Morgan fingerprint density at radius 1 is 1.12 bits per heavy atom. The summed E-state index contributed by atoms with van der Waals surface area (Å²) in [4.78, 5) is 11.2. The number of primary sulfonamides is 1. The lowest BCUT2D eigenvalue weighted by Gasteiger charge is -2.38. The van der Waals surface area contributed by atoms with Gasteiger partial charge in [0.05, 0.1) is 19.0 Å². The molecule has 1 aromatic heterocycles. The molecular weight excluding hydrogens is 446 g/mol. The Balaban J connectivity index is 1.67. The monoisotopic (exact) mass is 483 g/mol. The van der Waals surface area contributed by atoms with Crippen LogP contribution >= 0.6 is 12.2 Å². The summed E-state index contributed by atoms with van der Waals surface area (Å²) in [6.07, 6.45) is 10.6. The number of aromatic nitrogens is 1. The molecule has 0 spiro atoms. The van der Waals surface area contributed by atoms with Gasteiger partial charge in [-0.2, -0.15) is 0 Å². The average molecular weight is 484 g/mol. The quantitative estimate of drug-likeness (QED) is 0.378. The first-order valence-electron chi connectivity index (χ1n) is 11.7. The number of thiocarbonyl (C=S) groups is 1. The van der Waals surface area contributed by atoms with Crippen molar-refractivity contribution in [2.45, 2.75) is 51.0 Å². The van der Waals surface area contributed by atoms with Gasteiger partial charge in [0.15, 0.2) is 5.11 Å². The van der Waals surface area contributed by atoms with Crippen molar-refractivity contribution in [1.82, 2.24) is 14.8 Å². The molecule has 2 aliphatic rings. The Morgan fingerprint density at radius 2 is 1.78 bits per heavy atom. The zero-order valence-electron chi connectivity index (χ0n) is 18.9. The molecule has 1 aromatic rings. The fraction of sp³-hybridized carbons (Fsp3) is 0.727. The molecule has 32 heavy (non-hydrogen) atoms. The van der Waals surface area contributed by atoms with Gasteiger partial charge >= 0.3 is 0 Å². The molecule has 0 atom stereocenters. The van der Waals surface area contributed by atoms with E-state index in [1.165, 1.54) is 12.8 Å². The number of ether oxygens (including phenoxy) is 1. The number of morpholine rings is 1. The highest BCUT2D eigenvalue weighted by Gasteiger charge is 2.28. The first-order valence-corrected chi connectivity index (χ1v) is 13.8. The minimum absolute atomic E-state index is 0.0120. The largest absolute Gasteiger partial charge is 0.379 e. The van der Waals surface area contributed by atoms with Crippen LogP contribution in [-0.4, -0.2) is 86.0 Å². The average Bonchev–Trinajstić information content (AvgIpc) is 3.30. The third-order valence-corrected chi connectivity index (χ3v) is 7.53. The Bertz CT molecular complexity index is 797. The van der Waals surface area contributed by atoms with Crippen molar-refractivity contribution in [2.75, 3.05) is 56.6 Å². The molecule has 0 aromatic carbocycles. The second kappa shape index (κ2) is 12.8. The summed E-state index contributed by atoms with van der Waals surface area (Å²) in [6, 6.07) is 4.45. The lowest BCUT2D eigenvalue weighted by molar-refractivity contribution is 0.0368. The molecule has 0 amide bonds. The van der Waals surface area contributed by atoms with E-state index in [1.807, 2.05) is 24.5 Å². The topological polar surface area (TPSA) is 92.0 Å². The zero-order valence-corrected chi connectivity index (χ0v) is 20.5. The third-order valence-electron chi connectivity index (χ3n) is 6.22. The molecule has 1 saturated heterocycles. The summed E-state index contributed by atoms with van der Waals surface area (Å²) in [5.41, 5.74) is 1.08. The predicted molar refractivity (Wildman–Crippen MR) is 132 cm³/mol. The van der Waals surface area contributed by atoms with Crippen LogP contribution in [0.15, 0.2) is 24.5 Å². The number of nitrogens with two attached hydrogens (primary N) is 1. The molecule has 0 radical (unpaired) electrons. The number of rotatable bonds is 11. The van der Waals surface area contributed by atoms with Gasteiger partial charge in [-0.25, -0.2) is 13.6 Å². The first-order chi connectivity index (χ1) is 15.4. The fourth-order valence-electron chi connectivity index (χ4n) is 4.52. The maximum absolute atomic E-state index is 11.3. The summed E-state index contributed by atoms with van der Waals surface area (Å²) < 4.78 is 28.1. The van der Waals surface area contributed by atoms with Crippen molar-refractivity contribution in [3.63, 3.8) is 0 Å². The minimum Gasteiger partial charge on any atom is -0.379 e. The predicted octanol–water partition coefficient (Wildman–Crippen LogP) is 2.21. The SMILES string of the molecule is NS(=O)(=O)CCCCN(CCCN1CCOCC1)C(=S)N(c1ccncc1)C1CCCC1. The van der Waals surface area contributed by atoms with Crippen LogP contribution < -0.4 is 10.0 Å². The summed E-state index contributed by atoms with van der Waals surface area (Å²) in [6.45, 7) is 6.14. The fourth-order valence-corrected chi connectivity index (χ4v) is 5.56. The zero-order chi connectivity index (χ0) is 22.8. The van der Waals surface area contributed by atoms with Gasteiger partial charge in [0.25, 0.3) is 0 Å². The van der Waals surface area contributed by atoms with Gasteiger partial charge in [0, 0.05) is 56.8 Å². The molecule has 10 heteroatoms. The number of sulfonamides is 1. The van der Waals surface area contributed by atoms with Crippen molar-refractivity contribution >= 4 is 33.0 Å². The van der Waals surface area contributed by atoms with Crippen molar-refractivity contribution in [3.8, 4) is 0 Å². The molecule has 0 unspecified atom stereocenters. The van der Waals surface area contributed by atoms with Crippen molar-refractivity contribution in [2.24, 2.45) is 5.14 Å². The van der Waals surface area contributed by atoms with Crippen LogP contribution in [0.25, 0.3) is 0 Å². The Labute approximate surface area is 198 Å². The van der Waals surface area contributed by atoms with Crippen LogP contribution in [0.5, 0.6) is 0 Å². The molecule has 1 saturated carbocycles. The lowest BCUT2D eigenvalue weighted by atomic mass is 10.2. The van der Waals surface area contributed by atoms with Crippen LogP contribution in [0.1, 0.15) is 44.9 Å². The molecule has 2 N–H and O–H groups in total. The second-order valence-electron chi connectivity index (χ2n) is 8.66. The van der Waals surface area contributed by atoms with Crippen LogP contribution in [0.4, 0.5) is 5.69 Å². The van der Waals surface area contributed by atoms with E-state index in [0.717, 1.165) is 82.4 Å². The van der Waals surface area contributed by atoms with Crippen molar-refractivity contribution < 1.29 is 13.2 Å². The molecule has 0 bridgehead atoms. The van der Waals surface area contributed by atoms with Crippen molar-refractivity contribution in [1.29, 1.82) is 0 Å². The molecule has 8 nitrogen and oxygen atoms in total. The number of hydrogen-bond donors (Lipinski definition) is 1. The second-order valence-corrected chi connectivity index (χ2v) is 10.8.